The predicted molar refractivity (Wildman–Crippen MR) is 105 cm³/mol. The highest BCUT2D eigenvalue weighted by Crippen LogP contribution is 2.46. The normalized spacial score (nSPS) is 19.6. The van der Waals surface area contributed by atoms with Crippen molar-refractivity contribution in [2.24, 2.45) is 5.41 Å². The van der Waals surface area contributed by atoms with Crippen LogP contribution >= 0.6 is 0 Å². The van der Waals surface area contributed by atoms with Crippen molar-refractivity contribution in [3.63, 3.8) is 0 Å². The number of ether oxygens (including phenoxy) is 2. The number of carbonyl (C=O) groups excluding carboxylic acids is 1. The van der Waals surface area contributed by atoms with Crippen LogP contribution in [0.4, 0.5) is 18.0 Å². The van der Waals surface area contributed by atoms with Crippen molar-refractivity contribution < 1.29 is 37.3 Å². The maximum atomic E-state index is 12.6. The largest absolute Gasteiger partial charge is 0.492 e. The summed E-state index contributed by atoms with van der Waals surface area (Å²) in [7, 11) is 0. The minimum atomic E-state index is -4.58. The second kappa shape index (κ2) is 8.94. The number of aryl methyl sites for hydroxylation is 1. The molecular formula is C21H27F3N2O5. The van der Waals surface area contributed by atoms with E-state index < -0.39 is 29.8 Å². The van der Waals surface area contributed by atoms with Gasteiger partial charge in [-0.3, -0.25) is 9.69 Å². The van der Waals surface area contributed by atoms with Crippen LogP contribution in [-0.4, -0.2) is 72.0 Å². The highest BCUT2D eigenvalue weighted by Gasteiger charge is 2.51. The molecule has 1 heterocycles. The Kier molecular flexibility index (Phi) is 6.68. The van der Waals surface area contributed by atoms with Gasteiger partial charge in [0.15, 0.2) is 6.10 Å². The molecule has 7 nitrogen and oxygen atoms in total. The minimum Gasteiger partial charge on any atom is -0.492 e. The SMILES string of the molecule is Cc1cccc(CN2CCN(C(=O)OC(C)C(F)(F)F)CC2)c1OCC1(C(=O)O)CC1. The summed E-state index contributed by atoms with van der Waals surface area (Å²) in [5, 5.41) is 9.36. The predicted octanol–water partition coefficient (Wildman–Crippen LogP) is 3.44. The Hall–Kier alpha value is -2.49. The number of rotatable bonds is 7. The van der Waals surface area contributed by atoms with Gasteiger partial charge in [-0.2, -0.15) is 13.2 Å². The van der Waals surface area contributed by atoms with Gasteiger partial charge in [-0.25, -0.2) is 4.79 Å². The zero-order chi connectivity index (χ0) is 22.8. The van der Waals surface area contributed by atoms with Gasteiger partial charge in [0, 0.05) is 38.3 Å². The first kappa shape index (κ1) is 23.2. The van der Waals surface area contributed by atoms with Crippen molar-refractivity contribution >= 4 is 12.1 Å². The van der Waals surface area contributed by atoms with Gasteiger partial charge in [0.05, 0.1) is 0 Å². The van der Waals surface area contributed by atoms with E-state index >= 15 is 0 Å². The molecule has 1 aliphatic carbocycles. The lowest BCUT2D eigenvalue weighted by atomic mass is 10.1. The van der Waals surface area contributed by atoms with Crippen LogP contribution in [0.2, 0.25) is 0 Å². The molecule has 172 valence electrons. The molecule has 1 unspecified atom stereocenters. The first-order chi connectivity index (χ1) is 14.5. The van der Waals surface area contributed by atoms with Gasteiger partial charge in [0.2, 0.25) is 0 Å². The van der Waals surface area contributed by atoms with Gasteiger partial charge in [-0.05, 0) is 32.3 Å². The average molecular weight is 444 g/mol. The molecule has 1 N–H and O–H groups in total. The van der Waals surface area contributed by atoms with Crippen LogP contribution < -0.4 is 4.74 Å². The maximum absolute atomic E-state index is 12.6. The number of aliphatic carboxylic acids is 1. The van der Waals surface area contributed by atoms with Crippen LogP contribution in [-0.2, 0) is 16.1 Å². The molecule has 1 aromatic carbocycles. The number of benzene rings is 1. The fraction of sp³-hybridized carbons (Fsp3) is 0.619. The van der Waals surface area contributed by atoms with Crippen molar-refractivity contribution in [3.05, 3.63) is 29.3 Å². The van der Waals surface area contributed by atoms with Crippen LogP contribution in [0, 0.1) is 12.3 Å². The van der Waals surface area contributed by atoms with Gasteiger partial charge >= 0.3 is 18.2 Å². The standard InChI is InChI=1S/C21H27F3N2O5/c1-14-4-3-5-16(17(14)30-13-20(6-7-20)18(27)28)12-25-8-10-26(11-9-25)19(29)31-15(2)21(22,23)24/h3-5,15H,6-13H2,1-2H3,(H,27,28). The molecule has 1 saturated carbocycles. The molecule has 1 aromatic rings. The highest BCUT2D eigenvalue weighted by molar-refractivity contribution is 5.78. The van der Waals surface area contributed by atoms with Crippen LogP contribution in [0.5, 0.6) is 5.75 Å². The van der Waals surface area contributed by atoms with Gasteiger partial charge in [-0.15, -0.1) is 0 Å². The molecule has 2 aliphatic rings. The smallest absolute Gasteiger partial charge is 0.425 e. The Morgan fingerprint density at radius 3 is 2.39 bits per heavy atom. The van der Waals surface area contributed by atoms with E-state index in [-0.39, 0.29) is 19.7 Å². The molecule has 31 heavy (non-hydrogen) atoms. The first-order valence-corrected chi connectivity index (χ1v) is 10.2. The molecule has 1 atom stereocenters. The number of hydrogen-bond acceptors (Lipinski definition) is 5. The van der Waals surface area contributed by atoms with E-state index in [1.807, 2.05) is 25.1 Å². The number of carbonyl (C=O) groups is 2. The Labute approximate surface area is 178 Å². The van der Waals surface area contributed by atoms with Crippen LogP contribution in [0.3, 0.4) is 0 Å². The number of carboxylic acids is 1. The maximum Gasteiger partial charge on any atom is 0.425 e. The molecule has 1 amide bonds. The van der Waals surface area contributed by atoms with Crippen molar-refractivity contribution in [2.75, 3.05) is 32.8 Å². The summed E-state index contributed by atoms with van der Waals surface area (Å²) < 4.78 is 48.2. The first-order valence-electron chi connectivity index (χ1n) is 10.2. The molecule has 0 aromatic heterocycles. The number of amides is 1. The lowest BCUT2D eigenvalue weighted by Crippen LogP contribution is -2.49. The molecular weight excluding hydrogens is 417 g/mol. The lowest BCUT2D eigenvalue weighted by Gasteiger charge is -2.35. The monoisotopic (exact) mass is 444 g/mol. The van der Waals surface area contributed by atoms with E-state index in [0.29, 0.717) is 38.2 Å². The summed E-state index contributed by atoms with van der Waals surface area (Å²) in [5.74, 6) is -0.179. The fourth-order valence-electron chi connectivity index (χ4n) is 3.45. The zero-order valence-corrected chi connectivity index (χ0v) is 17.6. The Morgan fingerprint density at radius 2 is 1.84 bits per heavy atom. The number of halogens is 3. The minimum absolute atomic E-state index is 0.122. The number of nitrogens with zero attached hydrogens (tertiary/aromatic N) is 2. The number of para-hydroxylation sites is 1. The van der Waals surface area contributed by atoms with E-state index in [9.17, 15) is 27.9 Å². The average Bonchev–Trinajstić information content (AvgIpc) is 3.48. The number of carboxylic acid groups (broad SMARTS) is 1. The quantitative estimate of drug-likeness (QED) is 0.694. The van der Waals surface area contributed by atoms with E-state index in [2.05, 4.69) is 9.64 Å². The van der Waals surface area contributed by atoms with Gasteiger partial charge < -0.3 is 19.5 Å². The van der Waals surface area contributed by atoms with E-state index in [0.717, 1.165) is 18.1 Å². The summed E-state index contributed by atoms with van der Waals surface area (Å²) in [5.41, 5.74) is 1.02. The summed E-state index contributed by atoms with van der Waals surface area (Å²) in [4.78, 5) is 26.7. The van der Waals surface area contributed by atoms with Gasteiger partial charge in [0.25, 0.3) is 0 Å². The molecule has 0 bridgehead atoms. The van der Waals surface area contributed by atoms with Crippen molar-refractivity contribution in [3.8, 4) is 5.75 Å². The summed E-state index contributed by atoms with van der Waals surface area (Å²) in [6.45, 7) is 4.82. The highest BCUT2D eigenvalue weighted by atomic mass is 19.4. The lowest BCUT2D eigenvalue weighted by molar-refractivity contribution is -0.200. The van der Waals surface area contributed by atoms with Crippen molar-refractivity contribution in [1.82, 2.24) is 9.80 Å². The molecule has 2 fully saturated rings. The van der Waals surface area contributed by atoms with Gasteiger partial charge in [-0.1, -0.05) is 18.2 Å². The van der Waals surface area contributed by atoms with E-state index in [1.54, 1.807) is 0 Å². The second-order valence-corrected chi connectivity index (χ2v) is 8.27. The summed E-state index contributed by atoms with van der Waals surface area (Å²) in [6.07, 6.45) is -6.49. The van der Waals surface area contributed by atoms with Gasteiger partial charge in [0.1, 0.15) is 17.8 Å². The summed E-state index contributed by atoms with van der Waals surface area (Å²) in [6, 6.07) is 5.71. The fourth-order valence-corrected chi connectivity index (χ4v) is 3.45. The molecule has 0 radical (unpaired) electrons. The topological polar surface area (TPSA) is 79.3 Å². The van der Waals surface area contributed by atoms with Crippen molar-refractivity contribution in [2.45, 2.75) is 45.5 Å². The van der Waals surface area contributed by atoms with Crippen LogP contribution in [0.1, 0.15) is 30.9 Å². The Balaban J connectivity index is 1.55. The third kappa shape index (κ3) is 5.61. The molecule has 1 aliphatic heterocycles. The number of alkyl halides is 3. The number of hydrogen-bond donors (Lipinski definition) is 1. The van der Waals surface area contributed by atoms with E-state index in [4.69, 9.17) is 4.74 Å². The number of piperazine rings is 1. The second-order valence-electron chi connectivity index (χ2n) is 8.27. The molecule has 10 heteroatoms. The zero-order valence-electron chi connectivity index (χ0n) is 17.6. The third-order valence-corrected chi connectivity index (χ3v) is 5.86. The van der Waals surface area contributed by atoms with E-state index in [1.165, 1.54) is 4.90 Å². The molecule has 0 spiro atoms. The third-order valence-electron chi connectivity index (χ3n) is 5.86. The summed E-state index contributed by atoms with van der Waals surface area (Å²) >= 11 is 0. The Bertz CT molecular complexity index is 818. The van der Waals surface area contributed by atoms with Crippen LogP contribution in [0.25, 0.3) is 0 Å². The molecule has 1 saturated heterocycles. The molecule has 3 rings (SSSR count). The van der Waals surface area contributed by atoms with Crippen LogP contribution in [0.15, 0.2) is 18.2 Å². The Morgan fingerprint density at radius 1 is 1.19 bits per heavy atom. The van der Waals surface area contributed by atoms with Crippen molar-refractivity contribution in [1.29, 1.82) is 0 Å².